The number of nitrogens with zero attached hydrogens (tertiary/aromatic N) is 2. The highest BCUT2D eigenvalue weighted by molar-refractivity contribution is 5.94. The molecule has 94 valence electrons. The molecule has 1 saturated heterocycles. The minimum absolute atomic E-state index is 0. The summed E-state index contributed by atoms with van der Waals surface area (Å²) in [6.45, 7) is 3.51. The third kappa shape index (κ3) is 2.17. The van der Waals surface area contributed by atoms with E-state index in [0.717, 1.165) is 56.7 Å². The molecule has 5 nitrogen and oxygen atoms in total. The van der Waals surface area contributed by atoms with Crippen molar-refractivity contribution in [3.8, 4) is 0 Å². The Labute approximate surface area is 106 Å². The van der Waals surface area contributed by atoms with Gasteiger partial charge in [0.2, 0.25) is 0 Å². The summed E-state index contributed by atoms with van der Waals surface area (Å²) in [4.78, 5) is 14.1. The first-order chi connectivity index (χ1) is 7.86. The molecule has 0 spiro atoms. The minimum atomic E-state index is 0. The number of rotatable bonds is 1. The Balaban J connectivity index is 0.00000108. The Morgan fingerprint density at radius 3 is 2.82 bits per heavy atom. The predicted octanol–water partition coefficient (Wildman–Crippen LogP) is 0.713. The van der Waals surface area contributed by atoms with Crippen molar-refractivity contribution >= 4 is 18.3 Å². The summed E-state index contributed by atoms with van der Waals surface area (Å²) in [5.74, 6) is 0.108. The van der Waals surface area contributed by atoms with Crippen LogP contribution in [0.2, 0.25) is 0 Å². The van der Waals surface area contributed by atoms with Crippen molar-refractivity contribution in [2.75, 3.05) is 19.6 Å². The fourth-order valence-electron chi connectivity index (χ4n) is 2.49. The molecule has 17 heavy (non-hydrogen) atoms. The quantitative estimate of drug-likeness (QED) is 0.778. The number of nitrogens with one attached hydrogen (secondary N) is 2. The van der Waals surface area contributed by atoms with Crippen molar-refractivity contribution in [3.05, 3.63) is 17.0 Å². The zero-order chi connectivity index (χ0) is 11.0. The molecule has 1 aromatic rings. The molecule has 0 bridgehead atoms. The molecule has 0 aromatic carbocycles. The van der Waals surface area contributed by atoms with Crippen molar-refractivity contribution in [3.63, 3.8) is 0 Å². The average Bonchev–Trinajstić information content (AvgIpc) is 2.98. The molecule has 0 radical (unpaired) electrons. The van der Waals surface area contributed by atoms with Gasteiger partial charge in [-0.15, -0.1) is 12.4 Å². The number of carbonyl (C=O) groups is 1. The van der Waals surface area contributed by atoms with Gasteiger partial charge < -0.3 is 10.2 Å². The Morgan fingerprint density at radius 1 is 1.29 bits per heavy atom. The molecule has 2 aliphatic heterocycles. The van der Waals surface area contributed by atoms with Gasteiger partial charge >= 0.3 is 0 Å². The van der Waals surface area contributed by atoms with Crippen LogP contribution in [0.15, 0.2) is 0 Å². The molecule has 3 heterocycles. The zero-order valence-electron chi connectivity index (χ0n) is 9.66. The van der Waals surface area contributed by atoms with Crippen LogP contribution >= 0.6 is 12.4 Å². The van der Waals surface area contributed by atoms with Crippen molar-refractivity contribution < 1.29 is 4.79 Å². The lowest BCUT2D eigenvalue weighted by molar-refractivity contribution is 0.0786. The Morgan fingerprint density at radius 2 is 2.06 bits per heavy atom. The third-order valence-electron chi connectivity index (χ3n) is 3.40. The summed E-state index contributed by atoms with van der Waals surface area (Å²) in [5, 5.41) is 10.4. The van der Waals surface area contributed by atoms with E-state index in [0.29, 0.717) is 5.69 Å². The molecule has 0 atom stereocenters. The second kappa shape index (κ2) is 5.06. The fraction of sp³-hybridized carbons (Fsp3) is 0.636. The second-order valence-electron chi connectivity index (χ2n) is 4.46. The number of amides is 1. The smallest absolute Gasteiger partial charge is 0.274 e. The normalized spacial score (nSPS) is 18.7. The maximum atomic E-state index is 12.2. The van der Waals surface area contributed by atoms with Crippen molar-refractivity contribution in [2.45, 2.75) is 25.8 Å². The molecule has 0 saturated carbocycles. The van der Waals surface area contributed by atoms with E-state index in [4.69, 9.17) is 0 Å². The SMILES string of the molecule is Cl.O=C(c1n[nH]c2c1CCNC2)N1CCCC1. The molecule has 0 aliphatic carbocycles. The number of hydrogen-bond acceptors (Lipinski definition) is 3. The van der Waals surface area contributed by atoms with E-state index < -0.39 is 0 Å². The number of hydrogen-bond donors (Lipinski definition) is 2. The van der Waals surface area contributed by atoms with Gasteiger partial charge in [0.05, 0.1) is 5.69 Å². The molecule has 0 unspecified atom stereocenters. The molecule has 2 N–H and O–H groups in total. The summed E-state index contributed by atoms with van der Waals surface area (Å²) in [6.07, 6.45) is 3.15. The first-order valence-corrected chi connectivity index (χ1v) is 5.92. The minimum Gasteiger partial charge on any atom is -0.337 e. The van der Waals surface area contributed by atoms with Crippen molar-refractivity contribution in [1.29, 1.82) is 0 Å². The van der Waals surface area contributed by atoms with E-state index in [9.17, 15) is 4.79 Å². The summed E-state index contributed by atoms with van der Waals surface area (Å²) in [7, 11) is 0. The predicted molar refractivity (Wildman–Crippen MR) is 66.4 cm³/mol. The van der Waals surface area contributed by atoms with Gasteiger partial charge in [0.1, 0.15) is 0 Å². The summed E-state index contributed by atoms with van der Waals surface area (Å²) in [6, 6.07) is 0. The number of carbonyl (C=O) groups excluding carboxylic acids is 1. The summed E-state index contributed by atoms with van der Waals surface area (Å²) >= 11 is 0. The number of likely N-dealkylation sites (tertiary alicyclic amines) is 1. The number of H-pyrrole nitrogens is 1. The largest absolute Gasteiger partial charge is 0.337 e. The van der Waals surface area contributed by atoms with E-state index in [1.165, 1.54) is 0 Å². The van der Waals surface area contributed by atoms with Crippen LogP contribution in [-0.2, 0) is 13.0 Å². The molecule has 1 fully saturated rings. The van der Waals surface area contributed by atoms with Crippen LogP contribution in [0.4, 0.5) is 0 Å². The van der Waals surface area contributed by atoms with E-state index >= 15 is 0 Å². The summed E-state index contributed by atoms with van der Waals surface area (Å²) < 4.78 is 0. The lowest BCUT2D eigenvalue weighted by Gasteiger charge is -2.16. The maximum absolute atomic E-state index is 12.2. The molecule has 3 rings (SSSR count). The van der Waals surface area contributed by atoms with E-state index in [1.807, 2.05) is 4.90 Å². The van der Waals surface area contributed by atoms with Gasteiger partial charge in [0.25, 0.3) is 5.91 Å². The van der Waals surface area contributed by atoms with E-state index in [-0.39, 0.29) is 18.3 Å². The topological polar surface area (TPSA) is 61.0 Å². The van der Waals surface area contributed by atoms with Crippen LogP contribution < -0.4 is 5.32 Å². The highest BCUT2D eigenvalue weighted by Gasteiger charge is 2.26. The van der Waals surface area contributed by atoms with Gasteiger partial charge in [-0.05, 0) is 25.8 Å². The third-order valence-corrected chi connectivity index (χ3v) is 3.40. The number of aromatic amines is 1. The number of halogens is 1. The van der Waals surface area contributed by atoms with Gasteiger partial charge in [0.15, 0.2) is 5.69 Å². The van der Waals surface area contributed by atoms with Crippen LogP contribution in [0.3, 0.4) is 0 Å². The molecular formula is C11H17ClN4O. The number of aromatic nitrogens is 2. The van der Waals surface area contributed by atoms with Crippen molar-refractivity contribution in [2.24, 2.45) is 0 Å². The Kier molecular flexibility index (Phi) is 3.69. The molecule has 2 aliphatic rings. The molecular weight excluding hydrogens is 240 g/mol. The van der Waals surface area contributed by atoms with Crippen LogP contribution in [0.5, 0.6) is 0 Å². The first-order valence-electron chi connectivity index (χ1n) is 5.92. The lowest BCUT2D eigenvalue weighted by atomic mass is 10.1. The van der Waals surface area contributed by atoms with Crippen LogP contribution in [0.25, 0.3) is 0 Å². The highest BCUT2D eigenvalue weighted by atomic mass is 35.5. The lowest BCUT2D eigenvalue weighted by Crippen LogP contribution is -2.30. The Bertz CT molecular complexity index is 412. The van der Waals surface area contributed by atoms with Gasteiger partial charge in [0, 0.05) is 25.2 Å². The standard InChI is InChI=1S/C11H16N4O.ClH/c16-11(15-5-1-2-6-15)10-8-3-4-12-7-9(8)13-14-10;/h12H,1-7H2,(H,13,14);1H. The second-order valence-corrected chi connectivity index (χ2v) is 4.46. The van der Waals surface area contributed by atoms with Crippen LogP contribution in [0.1, 0.15) is 34.6 Å². The highest BCUT2D eigenvalue weighted by Crippen LogP contribution is 2.19. The van der Waals surface area contributed by atoms with Crippen LogP contribution in [0, 0.1) is 0 Å². The molecule has 1 aromatic heterocycles. The average molecular weight is 257 g/mol. The zero-order valence-corrected chi connectivity index (χ0v) is 10.5. The molecule has 1 amide bonds. The molecule has 6 heteroatoms. The van der Waals surface area contributed by atoms with Crippen LogP contribution in [-0.4, -0.2) is 40.6 Å². The monoisotopic (exact) mass is 256 g/mol. The van der Waals surface area contributed by atoms with Crippen molar-refractivity contribution in [1.82, 2.24) is 20.4 Å². The van der Waals surface area contributed by atoms with Gasteiger partial charge in [-0.25, -0.2) is 0 Å². The van der Waals surface area contributed by atoms with Gasteiger partial charge in [-0.3, -0.25) is 9.89 Å². The van der Waals surface area contributed by atoms with E-state index in [2.05, 4.69) is 15.5 Å². The Hall–Kier alpha value is -1.07. The number of fused-ring (bicyclic) bond motifs is 1. The first kappa shape index (κ1) is 12.4. The fourth-order valence-corrected chi connectivity index (χ4v) is 2.49. The van der Waals surface area contributed by atoms with Gasteiger partial charge in [-0.1, -0.05) is 0 Å². The van der Waals surface area contributed by atoms with Gasteiger partial charge in [-0.2, -0.15) is 5.10 Å². The van der Waals surface area contributed by atoms with E-state index in [1.54, 1.807) is 0 Å². The maximum Gasteiger partial charge on any atom is 0.274 e. The summed E-state index contributed by atoms with van der Waals surface area (Å²) in [5.41, 5.74) is 2.85.